The molecule has 2 heterocycles. The van der Waals surface area contributed by atoms with Crippen LogP contribution in [-0.2, 0) is 9.59 Å². The first-order valence-corrected chi connectivity index (χ1v) is 7.00. The van der Waals surface area contributed by atoms with Gasteiger partial charge in [-0.2, -0.15) is 0 Å². The van der Waals surface area contributed by atoms with Crippen LogP contribution in [-0.4, -0.2) is 45.2 Å². The number of aliphatic hydroxyl groups excluding tert-OH is 2. The third kappa shape index (κ3) is 2.37. The molecule has 0 aromatic carbocycles. The summed E-state index contributed by atoms with van der Waals surface area (Å²) in [5.41, 5.74) is 0.220. The second kappa shape index (κ2) is 5.66. The molecule has 2 fully saturated rings. The third-order valence-electron chi connectivity index (χ3n) is 4.81. The largest absolute Gasteiger partial charge is 1.00 e. The average molecular weight is 303 g/mol. The topological polar surface area (TPSA) is 101 Å². The number of fused-ring (bicyclic) bond motifs is 1. The van der Waals surface area contributed by atoms with Crippen LogP contribution >= 0.6 is 0 Å². The summed E-state index contributed by atoms with van der Waals surface area (Å²) in [7, 11) is 0. The van der Waals surface area contributed by atoms with Gasteiger partial charge in [0.2, 0.25) is 5.91 Å². The summed E-state index contributed by atoms with van der Waals surface area (Å²) in [5.74, 6) is -2.60. The van der Waals surface area contributed by atoms with Crippen LogP contribution in [0.4, 0.5) is 0 Å². The van der Waals surface area contributed by atoms with Crippen molar-refractivity contribution in [3.8, 4) is 0 Å². The van der Waals surface area contributed by atoms with E-state index in [9.17, 15) is 24.9 Å². The number of carboxylic acid groups (broad SMARTS) is 1. The maximum Gasteiger partial charge on any atom is 1.00 e. The average Bonchev–Trinajstić information content (AvgIpc) is 3.14. The van der Waals surface area contributed by atoms with Gasteiger partial charge in [-0.1, -0.05) is 6.92 Å². The third-order valence-corrected chi connectivity index (χ3v) is 4.81. The van der Waals surface area contributed by atoms with Gasteiger partial charge in [0.25, 0.3) is 0 Å². The van der Waals surface area contributed by atoms with Crippen molar-refractivity contribution in [2.75, 3.05) is 0 Å². The van der Waals surface area contributed by atoms with Crippen LogP contribution in [0.2, 0.25) is 0 Å². The number of carboxylic acids is 1. The minimum absolute atomic E-state index is 0. The van der Waals surface area contributed by atoms with Crippen molar-refractivity contribution in [2.24, 2.45) is 17.8 Å². The van der Waals surface area contributed by atoms with Crippen molar-refractivity contribution in [1.29, 1.82) is 0 Å². The summed E-state index contributed by atoms with van der Waals surface area (Å²) in [4.78, 5) is 24.6. The molecule has 21 heavy (non-hydrogen) atoms. The predicted octanol–water partition coefficient (Wildman–Crippen LogP) is -4.38. The molecule has 5 atom stereocenters. The van der Waals surface area contributed by atoms with Gasteiger partial charge in [0, 0.05) is 5.92 Å². The summed E-state index contributed by atoms with van der Waals surface area (Å²) >= 11 is 0. The molecular formula is C14H18NNaO5. The Kier molecular flexibility index (Phi) is 4.57. The molecule has 6 nitrogen and oxygen atoms in total. The van der Waals surface area contributed by atoms with Crippen LogP contribution in [0.1, 0.15) is 26.7 Å². The van der Waals surface area contributed by atoms with Crippen molar-refractivity contribution in [3.05, 3.63) is 11.3 Å². The SMILES string of the molecule is C[C@H]1C([C@@H](O)C2CC2)=C(C(=O)[O-])N2C(=O)[C@H]([C@@H](C)O)C12.[Na+]. The first-order valence-electron chi connectivity index (χ1n) is 7.00. The number of hydrogen-bond donors (Lipinski definition) is 2. The molecule has 110 valence electrons. The molecule has 1 saturated heterocycles. The summed E-state index contributed by atoms with van der Waals surface area (Å²) in [5, 5.41) is 31.4. The maximum atomic E-state index is 12.1. The zero-order chi connectivity index (χ0) is 14.8. The van der Waals surface area contributed by atoms with E-state index in [-0.39, 0.29) is 53.1 Å². The van der Waals surface area contributed by atoms with Crippen LogP contribution < -0.4 is 34.7 Å². The fourth-order valence-corrected chi connectivity index (χ4v) is 3.65. The molecule has 1 unspecified atom stereocenters. The Hall–Kier alpha value is -0.400. The molecule has 2 aliphatic heterocycles. The number of aliphatic hydroxyl groups is 2. The summed E-state index contributed by atoms with van der Waals surface area (Å²) in [6.07, 6.45) is 0.0874. The van der Waals surface area contributed by atoms with Crippen molar-refractivity contribution in [1.82, 2.24) is 4.90 Å². The van der Waals surface area contributed by atoms with Gasteiger partial charge in [0.05, 0.1) is 35.8 Å². The van der Waals surface area contributed by atoms with E-state index in [1.807, 2.05) is 0 Å². The van der Waals surface area contributed by atoms with Gasteiger partial charge in [-0.25, -0.2) is 0 Å². The molecule has 3 aliphatic rings. The van der Waals surface area contributed by atoms with Crippen molar-refractivity contribution < 1.29 is 54.5 Å². The fraction of sp³-hybridized carbons (Fsp3) is 0.714. The predicted molar refractivity (Wildman–Crippen MR) is 65.7 cm³/mol. The Labute approximate surface area is 145 Å². The number of carbonyl (C=O) groups excluding carboxylic acids is 2. The van der Waals surface area contributed by atoms with Gasteiger partial charge in [-0.15, -0.1) is 0 Å². The Morgan fingerprint density at radius 3 is 2.38 bits per heavy atom. The number of carbonyl (C=O) groups is 2. The summed E-state index contributed by atoms with van der Waals surface area (Å²) < 4.78 is 0. The van der Waals surface area contributed by atoms with Gasteiger partial charge in [-0.3, -0.25) is 4.79 Å². The van der Waals surface area contributed by atoms with E-state index < -0.39 is 30.0 Å². The number of rotatable bonds is 4. The number of β-lactam (4-membered cyclic amide) rings is 1. The monoisotopic (exact) mass is 303 g/mol. The molecule has 7 heteroatoms. The zero-order valence-electron chi connectivity index (χ0n) is 12.4. The summed E-state index contributed by atoms with van der Waals surface area (Å²) in [6, 6.07) is -0.376. The van der Waals surface area contributed by atoms with Gasteiger partial charge in [-0.05, 0) is 31.3 Å². The van der Waals surface area contributed by atoms with E-state index in [4.69, 9.17) is 0 Å². The summed E-state index contributed by atoms with van der Waals surface area (Å²) in [6.45, 7) is 3.33. The van der Waals surface area contributed by atoms with Crippen LogP contribution in [0.15, 0.2) is 11.3 Å². The van der Waals surface area contributed by atoms with Crippen LogP contribution in [0, 0.1) is 17.8 Å². The first kappa shape index (κ1) is 17.0. The molecular weight excluding hydrogens is 285 g/mol. The molecule has 1 amide bonds. The van der Waals surface area contributed by atoms with E-state index >= 15 is 0 Å². The van der Waals surface area contributed by atoms with E-state index in [1.54, 1.807) is 6.92 Å². The normalized spacial score (nSPS) is 34.0. The van der Waals surface area contributed by atoms with Gasteiger partial charge < -0.3 is 25.0 Å². The minimum Gasteiger partial charge on any atom is -0.543 e. The van der Waals surface area contributed by atoms with E-state index in [0.29, 0.717) is 5.57 Å². The molecule has 0 bridgehead atoms. The molecule has 2 N–H and O–H groups in total. The molecule has 0 aromatic heterocycles. The molecule has 0 radical (unpaired) electrons. The Bertz CT molecular complexity index is 513. The number of hydrogen-bond acceptors (Lipinski definition) is 5. The Balaban J connectivity index is 0.00000161. The van der Waals surface area contributed by atoms with Crippen LogP contribution in [0.25, 0.3) is 0 Å². The molecule has 0 spiro atoms. The van der Waals surface area contributed by atoms with Crippen LogP contribution in [0.3, 0.4) is 0 Å². The Morgan fingerprint density at radius 1 is 1.38 bits per heavy atom. The smallest absolute Gasteiger partial charge is 0.543 e. The van der Waals surface area contributed by atoms with E-state index in [1.165, 1.54) is 11.8 Å². The molecule has 1 saturated carbocycles. The van der Waals surface area contributed by atoms with Crippen molar-refractivity contribution in [3.63, 3.8) is 0 Å². The standard InChI is InChI=1S/C14H19NO5.Na/c1-5-8(12(17)7-3-4-7)11(14(19)20)15-10(5)9(6(2)16)13(15)18;/h5-7,9-10,12,16-17H,3-4H2,1-2H3,(H,19,20);/q;+1/p-1/t5-,6+,9+,10?,12-;/m0./s1. The molecule has 3 rings (SSSR count). The molecule has 0 aromatic rings. The van der Waals surface area contributed by atoms with Gasteiger partial charge in [0.1, 0.15) is 0 Å². The second-order valence-electron chi connectivity index (χ2n) is 6.13. The van der Waals surface area contributed by atoms with E-state index in [2.05, 4.69) is 0 Å². The van der Waals surface area contributed by atoms with Gasteiger partial charge in [0.15, 0.2) is 0 Å². The molecule has 1 aliphatic carbocycles. The fourth-order valence-electron chi connectivity index (χ4n) is 3.65. The minimum atomic E-state index is -1.42. The Morgan fingerprint density at radius 2 is 1.95 bits per heavy atom. The number of aliphatic carboxylic acids is 1. The number of nitrogens with zero attached hydrogens (tertiary/aromatic N) is 1. The number of amides is 1. The first-order chi connectivity index (χ1) is 9.36. The quantitative estimate of drug-likeness (QED) is 0.404. The van der Waals surface area contributed by atoms with Crippen LogP contribution in [0.5, 0.6) is 0 Å². The van der Waals surface area contributed by atoms with E-state index in [0.717, 1.165) is 12.8 Å². The van der Waals surface area contributed by atoms with Crippen molar-refractivity contribution in [2.45, 2.75) is 44.9 Å². The second-order valence-corrected chi connectivity index (χ2v) is 6.13. The maximum absolute atomic E-state index is 12.1. The van der Waals surface area contributed by atoms with Gasteiger partial charge >= 0.3 is 29.6 Å². The zero-order valence-corrected chi connectivity index (χ0v) is 14.4. The van der Waals surface area contributed by atoms with Crippen molar-refractivity contribution >= 4 is 11.9 Å².